The molecule has 1 heterocycles. The summed E-state index contributed by atoms with van der Waals surface area (Å²) in [6, 6.07) is -0.239. The quantitative estimate of drug-likeness (QED) is 0.783. The zero-order chi connectivity index (χ0) is 14.6. The molecule has 1 unspecified atom stereocenters. The predicted octanol–water partition coefficient (Wildman–Crippen LogP) is 0.614. The summed E-state index contributed by atoms with van der Waals surface area (Å²) in [7, 11) is 0. The molecular formula is C13H22N2O4. The van der Waals surface area contributed by atoms with Gasteiger partial charge in [0.05, 0.1) is 13.0 Å². The Bertz CT molecular complexity index is 373. The Kier molecular flexibility index (Phi) is 4.91. The molecule has 6 nitrogen and oxygen atoms in total. The minimum Gasteiger partial charge on any atom is -0.481 e. The number of carbonyl (C=O) groups is 3. The summed E-state index contributed by atoms with van der Waals surface area (Å²) >= 11 is 0. The smallest absolute Gasteiger partial charge is 0.305 e. The molecule has 1 aliphatic heterocycles. The lowest BCUT2D eigenvalue weighted by Gasteiger charge is -2.24. The Morgan fingerprint density at radius 3 is 2.47 bits per heavy atom. The summed E-state index contributed by atoms with van der Waals surface area (Å²) in [6.45, 7) is 5.83. The summed E-state index contributed by atoms with van der Waals surface area (Å²) in [6.07, 6.45) is 1.50. The monoisotopic (exact) mass is 270 g/mol. The maximum atomic E-state index is 12.0. The number of hydrogen-bond donors (Lipinski definition) is 2. The van der Waals surface area contributed by atoms with Crippen molar-refractivity contribution in [2.75, 3.05) is 13.1 Å². The topological polar surface area (TPSA) is 86.7 Å². The number of likely N-dealkylation sites (tertiary alicyclic amines) is 1. The second-order valence-electron chi connectivity index (χ2n) is 5.91. The van der Waals surface area contributed by atoms with E-state index in [1.165, 1.54) is 0 Å². The first-order valence-electron chi connectivity index (χ1n) is 6.51. The Balaban J connectivity index is 2.49. The van der Waals surface area contributed by atoms with Crippen LogP contribution in [0.15, 0.2) is 0 Å². The Morgan fingerprint density at radius 2 is 1.95 bits per heavy atom. The van der Waals surface area contributed by atoms with Crippen molar-refractivity contribution in [3.8, 4) is 0 Å². The van der Waals surface area contributed by atoms with Gasteiger partial charge in [0.2, 0.25) is 11.8 Å². The Hall–Kier alpha value is -1.59. The van der Waals surface area contributed by atoms with Crippen molar-refractivity contribution in [2.45, 2.75) is 46.1 Å². The van der Waals surface area contributed by atoms with Crippen LogP contribution in [0.25, 0.3) is 0 Å². The van der Waals surface area contributed by atoms with E-state index in [2.05, 4.69) is 5.32 Å². The van der Waals surface area contributed by atoms with E-state index in [-0.39, 0.29) is 30.8 Å². The van der Waals surface area contributed by atoms with Gasteiger partial charge in [-0.05, 0) is 12.8 Å². The third kappa shape index (κ3) is 4.54. The highest BCUT2D eigenvalue weighted by Gasteiger charge is 2.31. The van der Waals surface area contributed by atoms with Crippen LogP contribution >= 0.6 is 0 Å². The van der Waals surface area contributed by atoms with Crippen LogP contribution in [-0.2, 0) is 14.4 Å². The highest BCUT2D eigenvalue weighted by atomic mass is 16.4. The zero-order valence-corrected chi connectivity index (χ0v) is 11.7. The van der Waals surface area contributed by atoms with Crippen molar-refractivity contribution in [3.05, 3.63) is 0 Å². The van der Waals surface area contributed by atoms with Gasteiger partial charge < -0.3 is 15.3 Å². The summed E-state index contributed by atoms with van der Waals surface area (Å²) in [5.74, 6) is -1.29. The van der Waals surface area contributed by atoms with Crippen molar-refractivity contribution >= 4 is 17.8 Å². The van der Waals surface area contributed by atoms with Crippen molar-refractivity contribution in [3.63, 3.8) is 0 Å². The fourth-order valence-corrected chi connectivity index (χ4v) is 2.10. The molecule has 0 radical (unpaired) electrons. The number of amides is 2. The molecule has 1 fully saturated rings. The van der Waals surface area contributed by atoms with E-state index >= 15 is 0 Å². The number of hydrogen-bond acceptors (Lipinski definition) is 3. The maximum absolute atomic E-state index is 12.0. The lowest BCUT2D eigenvalue weighted by molar-refractivity contribution is -0.140. The Labute approximate surface area is 113 Å². The van der Waals surface area contributed by atoms with E-state index < -0.39 is 11.4 Å². The average Bonchev–Trinajstić information content (AvgIpc) is 2.71. The van der Waals surface area contributed by atoms with Gasteiger partial charge in [-0.25, -0.2) is 0 Å². The molecule has 1 saturated heterocycles. The molecule has 0 bridgehead atoms. The number of carbonyl (C=O) groups excluding carboxylic acids is 2. The minimum absolute atomic E-state index is 0.0288. The molecule has 2 N–H and O–H groups in total. The van der Waals surface area contributed by atoms with Crippen molar-refractivity contribution in [1.82, 2.24) is 10.2 Å². The molecule has 1 atom stereocenters. The molecule has 2 amide bonds. The standard InChI is InChI=1S/C13H22N2O4/c1-13(2,3)12(19)14-8-10(16)15-6-4-5-9(15)7-11(17)18/h9H,4-8H2,1-3H3,(H,14,19)(H,17,18). The van der Waals surface area contributed by atoms with Gasteiger partial charge in [0.15, 0.2) is 0 Å². The van der Waals surface area contributed by atoms with Gasteiger partial charge in [0, 0.05) is 18.0 Å². The number of nitrogens with one attached hydrogen (secondary N) is 1. The molecule has 0 spiro atoms. The fourth-order valence-electron chi connectivity index (χ4n) is 2.10. The normalized spacial score (nSPS) is 19.3. The third-order valence-corrected chi connectivity index (χ3v) is 3.19. The summed E-state index contributed by atoms with van der Waals surface area (Å²) < 4.78 is 0. The lowest BCUT2D eigenvalue weighted by Crippen LogP contribution is -2.45. The largest absolute Gasteiger partial charge is 0.481 e. The average molecular weight is 270 g/mol. The molecule has 0 aromatic heterocycles. The maximum Gasteiger partial charge on any atom is 0.305 e. The molecule has 0 aliphatic carbocycles. The molecular weight excluding hydrogens is 248 g/mol. The Morgan fingerprint density at radius 1 is 1.32 bits per heavy atom. The highest BCUT2D eigenvalue weighted by molar-refractivity contribution is 5.87. The van der Waals surface area contributed by atoms with Gasteiger partial charge >= 0.3 is 5.97 Å². The van der Waals surface area contributed by atoms with Gasteiger partial charge in [0.25, 0.3) is 0 Å². The van der Waals surface area contributed by atoms with E-state index in [0.29, 0.717) is 13.0 Å². The molecule has 1 aliphatic rings. The van der Waals surface area contributed by atoms with Gasteiger partial charge in [-0.2, -0.15) is 0 Å². The van der Waals surface area contributed by atoms with E-state index in [9.17, 15) is 14.4 Å². The van der Waals surface area contributed by atoms with Crippen LogP contribution in [0.3, 0.4) is 0 Å². The molecule has 108 valence electrons. The van der Waals surface area contributed by atoms with E-state index in [0.717, 1.165) is 6.42 Å². The molecule has 19 heavy (non-hydrogen) atoms. The minimum atomic E-state index is -0.900. The van der Waals surface area contributed by atoms with Crippen LogP contribution in [0.2, 0.25) is 0 Å². The van der Waals surface area contributed by atoms with Gasteiger partial charge in [-0.1, -0.05) is 20.8 Å². The number of rotatable bonds is 4. The molecule has 0 saturated carbocycles. The van der Waals surface area contributed by atoms with Crippen LogP contribution in [-0.4, -0.2) is 46.9 Å². The zero-order valence-electron chi connectivity index (χ0n) is 11.7. The van der Waals surface area contributed by atoms with Gasteiger partial charge in [-0.15, -0.1) is 0 Å². The summed E-state index contributed by atoms with van der Waals surface area (Å²) in [5.41, 5.74) is -0.536. The number of aliphatic carboxylic acids is 1. The second-order valence-corrected chi connectivity index (χ2v) is 5.91. The summed E-state index contributed by atoms with van der Waals surface area (Å²) in [5, 5.41) is 11.4. The van der Waals surface area contributed by atoms with Crippen LogP contribution in [0.4, 0.5) is 0 Å². The van der Waals surface area contributed by atoms with Crippen LogP contribution in [0, 0.1) is 5.41 Å². The third-order valence-electron chi connectivity index (χ3n) is 3.19. The van der Waals surface area contributed by atoms with Gasteiger partial charge in [-0.3, -0.25) is 14.4 Å². The number of nitrogens with zero attached hydrogens (tertiary/aromatic N) is 1. The summed E-state index contributed by atoms with van der Waals surface area (Å²) in [4.78, 5) is 35.9. The lowest BCUT2D eigenvalue weighted by atomic mass is 9.96. The van der Waals surface area contributed by atoms with Crippen LogP contribution < -0.4 is 5.32 Å². The van der Waals surface area contributed by atoms with Crippen LogP contribution in [0.1, 0.15) is 40.0 Å². The molecule has 0 aromatic rings. The first-order chi connectivity index (χ1) is 8.71. The highest BCUT2D eigenvalue weighted by Crippen LogP contribution is 2.20. The first-order valence-corrected chi connectivity index (χ1v) is 6.51. The molecule has 1 rings (SSSR count). The van der Waals surface area contributed by atoms with E-state index in [1.807, 2.05) is 0 Å². The molecule has 0 aromatic carbocycles. The first kappa shape index (κ1) is 15.5. The SMILES string of the molecule is CC(C)(C)C(=O)NCC(=O)N1CCCC1CC(=O)O. The fraction of sp³-hybridized carbons (Fsp3) is 0.769. The number of carboxylic acids is 1. The van der Waals surface area contributed by atoms with Gasteiger partial charge in [0.1, 0.15) is 0 Å². The molecule has 6 heteroatoms. The van der Waals surface area contributed by atoms with Crippen LogP contribution in [0.5, 0.6) is 0 Å². The van der Waals surface area contributed by atoms with E-state index in [1.54, 1.807) is 25.7 Å². The number of carboxylic acid groups (broad SMARTS) is 1. The second kappa shape index (κ2) is 6.04. The van der Waals surface area contributed by atoms with Crippen molar-refractivity contribution in [1.29, 1.82) is 0 Å². The van der Waals surface area contributed by atoms with Crippen molar-refractivity contribution in [2.24, 2.45) is 5.41 Å². The predicted molar refractivity (Wildman–Crippen MR) is 69.5 cm³/mol. The van der Waals surface area contributed by atoms with Crippen molar-refractivity contribution < 1.29 is 19.5 Å². The van der Waals surface area contributed by atoms with E-state index in [4.69, 9.17) is 5.11 Å².